The Hall–Kier alpha value is -2.50. The Balaban J connectivity index is 1.40. The summed E-state index contributed by atoms with van der Waals surface area (Å²) in [4.78, 5) is 14.7. The third kappa shape index (κ3) is 3.95. The maximum Gasteiger partial charge on any atom is 0.317 e. The highest BCUT2D eigenvalue weighted by molar-refractivity contribution is 5.74. The summed E-state index contributed by atoms with van der Waals surface area (Å²) in [6.07, 6.45) is 7.00. The van der Waals surface area contributed by atoms with Crippen LogP contribution in [0.15, 0.2) is 30.5 Å². The molecule has 0 radical (unpaired) electrons. The molecule has 25 heavy (non-hydrogen) atoms. The Morgan fingerprint density at radius 2 is 2.08 bits per heavy atom. The van der Waals surface area contributed by atoms with E-state index in [0.717, 1.165) is 31.4 Å². The zero-order chi connectivity index (χ0) is 17.2. The van der Waals surface area contributed by atoms with Crippen molar-refractivity contribution in [1.82, 2.24) is 20.4 Å². The van der Waals surface area contributed by atoms with E-state index in [2.05, 4.69) is 15.5 Å². The van der Waals surface area contributed by atoms with E-state index in [1.165, 1.54) is 24.1 Å². The first-order valence-electron chi connectivity index (χ1n) is 9.02. The van der Waals surface area contributed by atoms with Crippen molar-refractivity contribution >= 4 is 6.03 Å². The lowest BCUT2D eigenvalue weighted by molar-refractivity contribution is 0.187. The van der Waals surface area contributed by atoms with Crippen LogP contribution in [-0.2, 0) is 19.4 Å². The molecule has 1 heterocycles. The van der Waals surface area contributed by atoms with Gasteiger partial charge in [0.2, 0.25) is 0 Å². The van der Waals surface area contributed by atoms with E-state index in [4.69, 9.17) is 0 Å². The molecule has 1 saturated carbocycles. The Kier molecular flexibility index (Phi) is 4.34. The number of nitrogens with one attached hydrogen (secondary N) is 2. The summed E-state index contributed by atoms with van der Waals surface area (Å²) in [5.74, 6) is 0.884. The molecule has 0 bridgehead atoms. The highest BCUT2D eigenvalue weighted by Gasteiger charge is 2.29. The Morgan fingerprint density at radius 3 is 2.84 bits per heavy atom. The van der Waals surface area contributed by atoms with Crippen molar-refractivity contribution in [3.05, 3.63) is 47.3 Å². The van der Waals surface area contributed by atoms with Gasteiger partial charge < -0.3 is 15.3 Å². The van der Waals surface area contributed by atoms with Crippen LogP contribution in [0.2, 0.25) is 0 Å². The van der Waals surface area contributed by atoms with E-state index in [1.54, 1.807) is 12.1 Å². The molecule has 1 unspecified atom stereocenters. The Labute approximate surface area is 147 Å². The Morgan fingerprint density at radius 1 is 1.28 bits per heavy atom. The van der Waals surface area contributed by atoms with Crippen LogP contribution in [0, 0.1) is 5.92 Å². The van der Waals surface area contributed by atoms with E-state index in [-0.39, 0.29) is 17.8 Å². The first-order valence-corrected chi connectivity index (χ1v) is 9.02. The number of phenols is 1. The zero-order valence-corrected chi connectivity index (χ0v) is 14.2. The topological polar surface area (TPSA) is 81.2 Å². The largest absolute Gasteiger partial charge is 0.508 e. The molecule has 1 aromatic carbocycles. The van der Waals surface area contributed by atoms with Crippen molar-refractivity contribution in [2.45, 2.75) is 44.7 Å². The van der Waals surface area contributed by atoms with Gasteiger partial charge in [0.1, 0.15) is 5.75 Å². The van der Waals surface area contributed by atoms with Gasteiger partial charge in [-0.15, -0.1) is 0 Å². The van der Waals surface area contributed by atoms with E-state index >= 15 is 0 Å². The van der Waals surface area contributed by atoms with E-state index in [9.17, 15) is 9.90 Å². The fourth-order valence-electron chi connectivity index (χ4n) is 3.46. The van der Waals surface area contributed by atoms with Gasteiger partial charge in [-0.25, -0.2) is 4.79 Å². The number of aromatic amines is 1. The number of carbonyl (C=O) groups is 1. The number of hydrogen-bond donors (Lipinski definition) is 3. The lowest BCUT2D eigenvalue weighted by atomic mass is 9.94. The summed E-state index contributed by atoms with van der Waals surface area (Å²) in [7, 11) is 0. The molecule has 6 nitrogen and oxygen atoms in total. The number of phenolic OH excluding ortho intramolecular Hbond substituents is 1. The molecule has 0 saturated heterocycles. The Bertz CT molecular complexity index is 736. The predicted octanol–water partition coefficient (Wildman–Crippen LogP) is 2.59. The molecule has 2 aromatic rings. The highest BCUT2D eigenvalue weighted by Crippen LogP contribution is 2.30. The third-order valence-corrected chi connectivity index (χ3v) is 5.12. The average molecular weight is 340 g/mol. The minimum absolute atomic E-state index is 0.0110. The smallest absolute Gasteiger partial charge is 0.317 e. The third-order valence-electron chi connectivity index (χ3n) is 5.12. The second-order valence-corrected chi connectivity index (χ2v) is 7.25. The molecule has 1 atom stereocenters. The lowest BCUT2D eigenvalue weighted by Gasteiger charge is -2.28. The number of carbonyl (C=O) groups excluding carboxylic acids is 1. The SMILES string of the molecule is O=C(NC1CCc2[nH]ncc2C1)N(Cc1ccc(O)cc1)CC1CC1. The van der Waals surface area contributed by atoms with Gasteiger partial charge in [0.05, 0.1) is 6.20 Å². The zero-order valence-electron chi connectivity index (χ0n) is 14.2. The number of rotatable bonds is 5. The standard InChI is InChI=1S/C19H24N4O2/c24-17-6-3-14(4-7-17)12-23(11-13-1-2-13)19(25)21-16-5-8-18-15(9-16)10-20-22-18/h3-4,6-7,10,13,16,24H,1-2,5,8-9,11-12H2,(H,20,22)(H,21,25). The average Bonchev–Trinajstić information content (AvgIpc) is 3.30. The van der Waals surface area contributed by atoms with Crippen molar-refractivity contribution < 1.29 is 9.90 Å². The molecular formula is C19H24N4O2. The molecule has 3 N–H and O–H groups in total. The van der Waals surface area contributed by atoms with Crippen LogP contribution < -0.4 is 5.32 Å². The molecule has 0 spiro atoms. The van der Waals surface area contributed by atoms with Crippen LogP contribution in [0.5, 0.6) is 5.75 Å². The van der Waals surface area contributed by atoms with Crippen LogP contribution in [-0.4, -0.2) is 38.8 Å². The first kappa shape index (κ1) is 16.0. The second-order valence-electron chi connectivity index (χ2n) is 7.25. The summed E-state index contributed by atoms with van der Waals surface area (Å²) < 4.78 is 0. The molecule has 1 aromatic heterocycles. The summed E-state index contributed by atoms with van der Waals surface area (Å²) in [5, 5.41) is 19.8. The highest BCUT2D eigenvalue weighted by atomic mass is 16.3. The number of aryl methyl sites for hydroxylation is 1. The molecule has 0 aliphatic heterocycles. The lowest BCUT2D eigenvalue weighted by Crippen LogP contribution is -2.47. The molecule has 1 fully saturated rings. The number of nitrogens with zero attached hydrogens (tertiary/aromatic N) is 2. The van der Waals surface area contributed by atoms with Gasteiger partial charge in [0.25, 0.3) is 0 Å². The summed E-state index contributed by atoms with van der Waals surface area (Å²) in [5.41, 5.74) is 3.45. The fourth-order valence-corrected chi connectivity index (χ4v) is 3.46. The summed E-state index contributed by atoms with van der Waals surface area (Å²) in [6, 6.07) is 7.27. The number of amides is 2. The van der Waals surface area contributed by atoms with Crippen LogP contribution in [0.25, 0.3) is 0 Å². The van der Waals surface area contributed by atoms with Gasteiger partial charge in [0.15, 0.2) is 0 Å². The predicted molar refractivity (Wildman–Crippen MR) is 94.2 cm³/mol. The van der Waals surface area contributed by atoms with Crippen molar-refractivity contribution in [3.8, 4) is 5.75 Å². The van der Waals surface area contributed by atoms with Crippen molar-refractivity contribution in [2.75, 3.05) is 6.54 Å². The minimum atomic E-state index is 0.0110. The van der Waals surface area contributed by atoms with Crippen LogP contribution in [0.3, 0.4) is 0 Å². The fraction of sp³-hybridized carbons (Fsp3) is 0.474. The quantitative estimate of drug-likeness (QED) is 0.782. The van der Waals surface area contributed by atoms with E-state index < -0.39 is 0 Å². The van der Waals surface area contributed by atoms with Crippen molar-refractivity contribution in [1.29, 1.82) is 0 Å². The van der Waals surface area contributed by atoms with Crippen LogP contribution in [0.1, 0.15) is 36.1 Å². The molecule has 2 amide bonds. The number of aromatic hydroxyl groups is 1. The van der Waals surface area contributed by atoms with Gasteiger partial charge in [-0.1, -0.05) is 12.1 Å². The van der Waals surface area contributed by atoms with Gasteiger partial charge in [-0.2, -0.15) is 5.10 Å². The van der Waals surface area contributed by atoms with Gasteiger partial charge in [-0.05, 0) is 61.3 Å². The molecule has 6 heteroatoms. The van der Waals surface area contributed by atoms with Gasteiger partial charge in [0, 0.05) is 24.8 Å². The number of H-pyrrole nitrogens is 1. The summed E-state index contributed by atoms with van der Waals surface area (Å²) >= 11 is 0. The van der Waals surface area contributed by atoms with Gasteiger partial charge >= 0.3 is 6.03 Å². The number of benzene rings is 1. The molecule has 2 aliphatic carbocycles. The number of hydrogen-bond acceptors (Lipinski definition) is 3. The number of aromatic nitrogens is 2. The van der Waals surface area contributed by atoms with Gasteiger partial charge in [-0.3, -0.25) is 5.10 Å². The molecule has 132 valence electrons. The van der Waals surface area contributed by atoms with E-state index in [0.29, 0.717) is 12.5 Å². The van der Waals surface area contributed by atoms with Crippen molar-refractivity contribution in [2.24, 2.45) is 5.92 Å². The first-order chi connectivity index (χ1) is 12.2. The monoisotopic (exact) mass is 340 g/mol. The minimum Gasteiger partial charge on any atom is -0.508 e. The molecule has 2 aliphatic rings. The normalized spacial score (nSPS) is 19.3. The van der Waals surface area contributed by atoms with Crippen LogP contribution >= 0.6 is 0 Å². The van der Waals surface area contributed by atoms with E-state index in [1.807, 2.05) is 23.2 Å². The molecule has 4 rings (SSSR count). The maximum absolute atomic E-state index is 12.8. The van der Waals surface area contributed by atoms with Crippen LogP contribution in [0.4, 0.5) is 4.79 Å². The summed E-state index contributed by atoms with van der Waals surface area (Å²) in [6.45, 7) is 1.38. The molecular weight excluding hydrogens is 316 g/mol. The second kappa shape index (κ2) is 6.78. The van der Waals surface area contributed by atoms with Crippen molar-refractivity contribution in [3.63, 3.8) is 0 Å². The number of urea groups is 1. The maximum atomic E-state index is 12.8. The number of fused-ring (bicyclic) bond motifs is 1.